The molecule has 0 aromatic rings. The summed E-state index contributed by atoms with van der Waals surface area (Å²) in [6, 6.07) is -0.761. The quantitative estimate of drug-likeness (QED) is 0.0375. The van der Waals surface area contributed by atoms with Gasteiger partial charge < -0.3 is 20.6 Å². The standard InChI is InChI=1S/C46H87NO4/c1-3-5-7-9-11-13-15-17-19-20-21-22-23-24-25-26-27-29-31-33-35-37-39-43(49)41-46(51)47-44(42-48)45(50)40-38-36-34-32-30-28-18-16-14-12-10-8-6-4-2/h24-25,30,32,38,40,43-45,48-50H,3-23,26-29,31,33-37,39,41-42H2,1-2H3,(H,47,51)/b25-24-,32-30+,40-38+. The van der Waals surface area contributed by atoms with Gasteiger partial charge in [-0.05, 0) is 57.8 Å². The lowest BCUT2D eigenvalue weighted by Crippen LogP contribution is -2.45. The Morgan fingerprint density at radius 2 is 0.843 bits per heavy atom. The molecule has 0 radical (unpaired) electrons. The van der Waals surface area contributed by atoms with Crippen LogP contribution in [-0.4, -0.2) is 46.1 Å². The lowest BCUT2D eigenvalue weighted by Gasteiger charge is -2.21. The third kappa shape index (κ3) is 38.1. The van der Waals surface area contributed by atoms with Crippen LogP contribution in [-0.2, 0) is 4.79 Å². The number of nitrogens with one attached hydrogen (secondary N) is 1. The molecule has 0 aromatic carbocycles. The number of hydrogen-bond donors (Lipinski definition) is 4. The molecule has 3 unspecified atom stereocenters. The summed E-state index contributed by atoms with van der Waals surface area (Å²) in [7, 11) is 0. The van der Waals surface area contributed by atoms with E-state index in [0.717, 1.165) is 32.1 Å². The summed E-state index contributed by atoms with van der Waals surface area (Å²) >= 11 is 0. The Bertz CT molecular complexity index is 794. The molecule has 5 nitrogen and oxygen atoms in total. The van der Waals surface area contributed by atoms with Gasteiger partial charge >= 0.3 is 0 Å². The van der Waals surface area contributed by atoms with Crippen molar-refractivity contribution in [3.05, 3.63) is 36.5 Å². The van der Waals surface area contributed by atoms with Gasteiger partial charge in [0, 0.05) is 0 Å². The maximum absolute atomic E-state index is 12.4. The van der Waals surface area contributed by atoms with Crippen molar-refractivity contribution in [3.63, 3.8) is 0 Å². The highest BCUT2D eigenvalue weighted by atomic mass is 16.3. The highest BCUT2D eigenvalue weighted by Gasteiger charge is 2.20. The molecule has 0 fully saturated rings. The van der Waals surface area contributed by atoms with Crippen LogP contribution in [0.1, 0.15) is 226 Å². The second kappa shape index (κ2) is 41.3. The van der Waals surface area contributed by atoms with Crippen molar-refractivity contribution in [3.8, 4) is 0 Å². The van der Waals surface area contributed by atoms with E-state index in [4.69, 9.17) is 0 Å². The van der Waals surface area contributed by atoms with E-state index in [9.17, 15) is 20.1 Å². The Morgan fingerprint density at radius 1 is 0.490 bits per heavy atom. The first-order chi connectivity index (χ1) is 25.0. The molecule has 1 amide bonds. The lowest BCUT2D eigenvalue weighted by molar-refractivity contribution is -0.124. The van der Waals surface area contributed by atoms with Crippen LogP contribution in [0, 0.1) is 0 Å². The third-order valence-electron chi connectivity index (χ3n) is 10.1. The number of unbranched alkanes of at least 4 members (excludes halogenated alkanes) is 27. The minimum absolute atomic E-state index is 0.00216. The van der Waals surface area contributed by atoms with E-state index in [1.807, 2.05) is 6.08 Å². The average Bonchev–Trinajstić information content (AvgIpc) is 3.12. The van der Waals surface area contributed by atoms with Crippen molar-refractivity contribution in [2.24, 2.45) is 0 Å². The molecular weight excluding hydrogens is 631 g/mol. The Kier molecular flexibility index (Phi) is 40.2. The number of aliphatic hydroxyl groups excluding tert-OH is 3. The molecule has 300 valence electrons. The predicted octanol–water partition coefficient (Wildman–Crippen LogP) is 12.8. The smallest absolute Gasteiger partial charge is 0.222 e. The van der Waals surface area contributed by atoms with E-state index in [1.165, 1.54) is 167 Å². The van der Waals surface area contributed by atoms with E-state index < -0.39 is 18.2 Å². The number of allylic oxidation sites excluding steroid dienone is 5. The number of amides is 1. The number of carbonyl (C=O) groups excluding carboxylic acids is 1. The Hall–Kier alpha value is -1.43. The van der Waals surface area contributed by atoms with Crippen LogP contribution in [0.25, 0.3) is 0 Å². The van der Waals surface area contributed by atoms with Crippen molar-refractivity contribution >= 4 is 5.91 Å². The first-order valence-electron chi connectivity index (χ1n) is 22.3. The second-order valence-corrected chi connectivity index (χ2v) is 15.3. The highest BCUT2D eigenvalue weighted by molar-refractivity contribution is 5.76. The van der Waals surface area contributed by atoms with Crippen molar-refractivity contribution < 1.29 is 20.1 Å². The number of carbonyl (C=O) groups is 1. The van der Waals surface area contributed by atoms with Gasteiger partial charge in [0.25, 0.3) is 0 Å². The summed E-state index contributed by atoms with van der Waals surface area (Å²) in [6.45, 7) is 4.20. The Balaban J connectivity index is 3.68. The Morgan fingerprint density at radius 3 is 1.25 bits per heavy atom. The molecule has 0 rings (SSSR count). The van der Waals surface area contributed by atoms with Crippen molar-refractivity contribution in [1.82, 2.24) is 5.32 Å². The van der Waals surface area contributed by atoms with E-state index in [2.05, 4.69) is 43.5 Å². The van der Waals surface area contributed by atoms with Crippen LogP contribution < -0.4 is 5.32 Å². The van der Waals surface area contributed by atoms with Crippen LogP contribution in [0.4, 0.5) is 0 Å². The topological polar surface area (TPSA) is 89.8 Å². The second-order valence-electron chi connectivity index (χ2n) is 15.3. The van der Waals surface area contributed by atoms with E-state index >= 15 is 0 Å². The summed E-state index contributed by atoms with van der Waals surface area (Å²) < 4.78 is 0. The maximum atomic E-state index is 12.4. The third-order valence-corrected chi connectivity index (χ3v) is 10.1. The van der Waals surface area contributed by atoms with Crippen LogP contribution >= 0.6 is 0 Å². The highest BCUT2D eigenvalue weighted by Crippen LogP contribution is 2.15. The molecule has 0 aliphatic carbocycles. The monoisotopic (exact) mass is 718 g/mol. The molecular formula is C46H87NO4. The molecule has 0 aromatic heterocycles. The summed E-state index contributed by atoms with van der Waals surface area (Å²) in [4.78, 5) is 12.4. The zero-order chi connectivity index (χ0) is 37.3. The molecule has 4 N–H and O–H groups in total. The van der Waals surface area contributed by atoms with Gasteiger partial charge in [-0.25, -0.2) is 0 Å². The number of rotatable bonds is 40. The van der Waals surface area contributed by atoms with Gasteiger partial charge in [-0.15, -0.1) is 0 Å². The van der Waals surface area contributed by atoms with E-state index in [1.54, 1.807) is 6.08 Å². The molecule has 0 saturated heterocycles. The normalized spacial score (nSPS) is 13.9. The molecule has 3 atom stereocenters. The molecule has 0 bridgehead atoms. The zero-order valence-electron chi connectivity index (χ0n) is 34.0. The van der Waals surface area contributed by atoms with Gasteiger partial charge in [0.15, 0.2) is 0 Å². The van der Waals surface area contributed by atoms with Crippen LogP contribution in [0.2, 0.25) is 0 Å². The van der Waals surface area contributed by atoms with Gasteiger partial charge in [-0.1, -0.05) is 198 Å². The minimum Gasteiger partial charge on any atom is -0.394 e. The average molecular weight is 718 g/mol. The lowest BCUT2D eigenvalue weighted by atomic mass is 10.0. The molecule has 5 heteroatoms. The molecule has 0 aliphatic rings. The first kappa shape index (κ1) is 49.6. The largest absolute Gasteiger partial charge is 0.394 e. The summed E-state index contributed by atoms with van der Waals surface area (Å²) in [5, 5.41) is 33.2. The van der Waals surface area contributed by atoms with Gasteiger partial charge in [0.1, 0.15) is 0 Å². The predicted molar refractivity (Wildman–Crippen MR) is 222 cm³/mol. The summed E-state index contributed by atoms with van der Waals surface area (Å²) in [5.41, 5.74) is 0. The van der Waals surface area contributed by atoms with Gasteiger partial charge in [0.2, 0.25) is 5.91 Å². The SMILES string of the molecule is CCCCCCCCCC/C=C/CC/C=C/C(O)C(CO)NC(=O)CC(O)CCCCCCCC/C=C\CCCCCCCCCCCCCC. The van der Waals surface area contributed by atoms with Gasteiger partial charge in [0.05, 0.1) is 31.3 Å². The van der Waals surface area contributed by atoms with Crippen molar-refractivity contribution in [2.45, 2.75) is 244 Å². The number of hydrogen-bond acceptors (Lipinski definition) is 4. The number of aliphatic hydroxyl groups is 3. The fourth-order valence-electron chi connectivity index (χ4n) is 6.70. The van der Waals surface area contributed by atoms with E-state index in [0.29, 0.717) is 6.42 Å². The fourth-order valence-corrected chi connectivity index (χ4v) is 6.70. The summed E-state index contributed by atoms with van der Waals surface area (Å²) in [6.07, 6.45) is 51.5. The van der Waals surface area contributed by atoms with Crippen molar-refractivity contribution in [1.29, 1.82) is 0 Å². The van der Waals surface area contributed by atoms with Crippen LogP contribution in [0.15, 0.2) is 36.5 Å². The molecule has 51 heavy (non-hydrogen) atoms. The molecule has 0 heterocycles. The van der Waals surface area contributed by atoms with Crippen LogP contribution in [0.3, 0.4) is 0 Å². The zero-order valence-corrected chi connectivity index (χ0v) is 34.0. The minimum atomic E-state index is -0.952. The maximum Gasteiger partial charge on any atom is 0.222 e. The molecule has 0 spiro atoms. The first-order valence-corrected chi connectivity index (χ1v) is 22.3. The van der Waals surface area contributed by atoms with E-state index in [-0.39, 0.29) is 18.9 Å². The van der Waals surface area contributed by atoms with Crippen LogP contribution in [0.5, 0.6) is 0 Å². The van der Waals surface area contributed by atoms with Gasteiger partial charge in [-0.3, -0.25) is 4.79 Å². The molecule has 0 aliphatic heterocycles. The fraction of sp³-hybridized carbons (Fsp3) is 0.848. The Labute approximate surface area is 317 Å². The van der Waals surface area contributed by atoms with Gasteiger partial charge in [-0.2, -0.15) is 0 Å². The van der Waals surface area contributed by atoms with Crippen molar-refractivity contribution in [2.75, 3.05) is 6.61 Å². The summed E-state index contributed by atoms with van der Waals surface area (Å²) in [5.74, 6) is -0.329. The molecule has 0 saturated carbocycles.